The summed E-state index contributed by atoms with van der Waals surface area (Å²) in [6.45, 7) is 6.04. The van der Waals surface area contributed by atoms with Crippen molar-refractivity contribution in [2.75, 3.05) is 25.6 Å². The molecule has 1 aliphatic heterocycles. The quantitative estimate of drug-likeness (QED) is 0.599. The molecule has 2 unspecified atom stereocenters. The maximum absolute atomic E-state index is 12.2. The Balaban J connectivity index is 1.92. The van der Waals surface area contributed by atoms with Crippen molar-refractivity contribution in [1.82, 2.24) is 19.5 Å². The lowest BCUT2D eigenvalue weighted by Crippen LogP contribution is -2.37. The number of hydrogen-bond donors (Lipinski definition) is 2. The molecular formula is C18H24IN5O5. The second-order valence-electron chi connectivity index (χ2n) is 7.89. The van der Waals surface area contributed by atoms with E-state index in [0.717, 1.165) is 9.26 Å². The van der Waals surface area contributed by atoms with Crippen molar-refractivity contribution >= 4 is 46.1 Å². The average molecular weight is 517 g/mol. The van der Waals surface area contributed by atoms with E-state index in [1.807, 2.05) is 6.07 Å². The predicted molar refractivity (Wildman–Crippen MR) is 113 cm³/mol. The lowest BCUT2D eigenvalue weighted by molar-refractivity contribution is 0.0635. The summed E-state index contributed by atoms with van der Waals surface area (Å²) >= 11 is 2.16. The fourth-order valence-electron chi connectivity index (χ4n) is 3.52. The highest BCUT2D eigenvalue weighted by Gasteiger charge is 2.37. The van der Waals surface area contributed by atoms with Crippen LogP contribution in [0.3, 0.4) is 0 Å². The van der Waals surface area contributed by atoms with Gasteiger partial charge < -0.3 is 19.5 Å². The molecule has 0 aromatic carbocycles. The second-order valence-corrected chi connectivity index (χ2v) is 9.05. The molecule has 2 atom stereocenters. The summed E-state index contributed by atoms with van der Waals surface area (Å²) in [6, 6.07) is 1.73. The Morgan fingerprint density at radius 3 is 2.76 bits per heavy atom. The molecule has 29 heavy (non-hydrogen) atoms. The summed E-state index contributed by atoms with van der Waals surface area (Å²) in [5.74, 6) is 0.290. The minimum Gasteiger partial charge on any atom is -0.465 e. The minimum atomic E-state index is -0.966. The third kappa shape index (κ3) is 4.71. The molecule has 0 radical (unpaired) electrons. The Bertz CT molecular complexity index is 925. The Labute approximate surface area is 181 Å². The van der Waals surface area contributed by atoms with Gasteiger partial charge in [0.15, 0.2) is 5.82 Å². The minimum absolute atomic E-state index is 0.0495. The molecule has 10 nitrogen and oxygen atoms in total. The van der Waals surface area contributed by atoms with Crippen molar-refractivity contribution in [3.05, 3.63) is 21.7 Å². The van der Waals surface area contributed by atoms with E-state index in [4.69, 9.17) is 9.47 Å². The SMILES string of the molecule is COCC1CC(c2cc(I)c3c(NC(=O)OC(C)(C)C)ncnn23)CN1C(=O)O. The third-order valence-electron chi connectivity index (χ3n) is 4.59. The summed E-state index contributed by atoms with van der Waals surface area (Å²) in [7, 11) is 1.56. The van der Waals surface area contributed by atoms with E-state index in [-0.39, 0.29) is 12.0 Å². The molecule has 0 bridgehead atoms. The highest BCUT2D eigenvalue weighted by molar-refractivity contribution is 14.1. The molecule has 3 heterocycles. The third-order valence-corrected chi connectivity index (χ3v) is 5.41. The molecule has 11 heteroatoms. The van der Waals surface area contributed by atoms with Crippen LogP contribution in [0, 0.1) is 3.57 Å². The number of likely N-dealkylation sites (tertiary alicyclic amines) is 1. The van der Waals surface area contributed by atoms with E-state index >= 15 is 0 Å². The normalized spacial score (nSPS) is 19.6. The first-order valence-corrected chi connectivity index (χ1v) is 10.2. The molecule has 0 spiro atoms. The van der Waals surface area contributed by atoms with E-state index in [2.05, 4.69) is 38.0 Å². The largest absolute Gasteiger partial charge is 0.465 e. The van der Waals surface area contributed by atoms with Gasteiger partial charge in [0.2, 0.25) is 0 Å². The van der Waals surface area contributed by atoms with Crippen LogP contribution in [0.2, 0.25) is 0 Å². The van der Waals surface area contributed by atoms with Crippen LogP contribution in [0.25, 0.3) is 5.52 Å². The summed E-state index contributed by atoms with van der Waals surface area (Å²) in [4.78, 5) is 29.4. The van der Waals surface area contributed by atoms with Gasteiger partial charge in [-0.3, -0.25) is 5.32 Å². The number of methoxy groups -OCH3 is 1. The van der Waals surface area contributed by atoms with E-state index in [0.29, 0.717) is 30.9 Å². The highest BCUT2D eigenvalue weighted by atomic mass is 127. The molecule has 3 rings (SSSR count). The van der Waals surface area contributed by atoms with E-state index in [1.54, 1.807) is 32.4 Å². The number of anilines is 1. The predicted octanol–water partition coefficient (Wildman–Crippen LogP) is 3.16. The lowest BCUT2D eigenvalue weighted by Gasteiger charge is -2.20. The topological polar surface area (TPSA) is 118 Å². The van der Waals surface area contributed by atoms with Gasteiger partial charge in [0.1, 0.15) is 17.4 Å². The molecule has 0 aliphatic carbocycles. The van der Waals surface area contributed by atoms with Crippen molar-refractivity contribution in [2.24, 2.45) is 0 Å². The van der Waals surface area contributed by atoms with Gasteiger partial charge in [0.05, 0.1) is 12.6 Å². The highest BCUT2D eigenvalue weighted by Crippen LogP contribution is 2.35. The monoisotopic (exact) mass is 517 g/mol. The zero-order valence-corrected chi connectivity index (χ0v) is 18.8. The maximum Gasteiger partial charge on any atom is 0.413 e. The fraction of sp³-hybridized carbons (Fsp3) is 0.556. The first-order chi connectivity index (χ1) is 13.6. The number of nitrogens with one attached hydrogen (secondary N) is 1. The van der Waals surface area contributed by atoms with Gasteiger partial charge in [-0.15, -0.1) is 0 Å². The average Bonchev–Trinajstić information content (AvgIpc) is 3.16. The van der Waals surface area contributed by atoms with Crippen molar-refractivity contribution in [3.8, 4) is 0 Å². The van der Waals surface area contributed by atoms with Gasteiger partial charge >= 0.3 is 12.2 Å². The van der Waals surface area contributed by atoms with Crippen LogP contribution in [0.15, 0.2) is 12.4 Å². The van der Waals surface area contributed by atoms with E-state index in [1.165, 1.54) is 11.2 Å². The molecule has 2 aromatic heterocycles. The first kappa shape index (κ1) is 21.6. The standard InChI is InChI=1S/C18H24IN5O5/c1-18(2,3)29-16(25)22-15-14-12(19)6-13(24(14)21-9-20-15)10-5-11(8-28-4)23(7-10)17(26)27/h6,9-11H,5,7-8H2,1-4H3,(H,26,27)(H,20,21,22,25). The van der Waals surface area contributed by atoms with Gasteiger partial charge in [-0.05, 0) is 55.8 Å². The van der Waals surface area contributed by atoms with Crippen molar-refractivity contribution in [1.29, 1.82) is 0 Å². The van der Waals surface area contributed by atoms with Crippen LogP contribution in [0.1, 0.15) is 38.8 Å². The Morgan fingerprint density at radius 1 is 1.41 bits per heavy atom. The fourth-order valence-corrected chi connectivity index (χ4v) is 4.32. The van der Waals surface area contributed by atoms with Gasteiger partial charge in [-0.25, -0.2) is 19.1 Å². The molecule has 1 saturated heterocycles. The van der Waals surface area contributed by atoms with Crippen LogP contribution < -0.4 is 5.32 Å². The molecule has 1 aliphatic rings. The summed E-state index contributed by atoms with van der Waals surface area (Å²) < 4.78 is 13.1. The van der Waals surface area contributed by atoms with Crippen molar-refractivity contribution < 1.29 is 24.2 Å². The molecular weight excluding hydrogens is 493 g/mol. The van der Waals surface area contributed by atoms with Gasteiger partial charge in [-0.1, -0.05) is 0 Å². The molecule has 2 N–H and O–H groups in total. The molecule has 2 aromatic rings. The number of rotatable bonds is 4. The zero-order chi connectivity index (χ0) is 21.3. The number of carboxylic acid groups (broad SMARTS) is 1. The number of hydrogen-bond acceptors (Lipinski definition) is 6. The number of aromatic nitrogens is 3. The number of ether oxygens (including phenoxy) is 2. The van der Waals surface area contributed by atoms with Crippen LogP contribution in [-0.4, -0.2) is 68.7 Å². The van der Waals surface area contributed by atoms with Crippen LogP contribution in [-0.2, 0) is 9.47 Å². The second kappa shape index (κ2) is 8.30. The Kier molecular flexibility index (Phi) is 6.17. The van der Waals surface area contributed by atoms with E-state index < -0.39 is 17.8 Å². The summed E-state index contributed by atoms with van der Waals surface area (Å²) in [6.07, 6.45) is 0.415. The molecule has 2 amide bonds. The van der Waals surface area contributed by atoms with Crippen LogP contribution in [0.5, 0.6) is 0 Å². The summed E-state index contributed by atoms with van der Waals surface area (Å²) in [5.41, 5.74) is 0.878. The van der Waals surface area contributed by atoms with E-state index in [9.17, 15) is 14.7 Å². The van der Waals surface area contributed by atoms with Gasteiger partial charge in [-0.2, -0.15) is 5.10 Å². The van der Waals surface area contributed by atoms with Crippen molar-refractivity contribution in [3.63, 3.8) is 0 Å². The Hall–Kier alpha value is -2.15. The Morgan fingerprint density at radius 2 is 2.14 bits per heavy atom. The first-order valence-electron chi connectivity index (χ1n) is 9.11. The molecule has 1 fully saturated rings. The smallest absolute Gasteiger partial charge is 0.413 e. The molecule has 158 valence electrons. The van der Waals surface area contributed by atoms with Gasteiger partial charge in [0, 0.05) is 28.8 Å². The summed E-state index contributed by atoms with van der Waals surface area (Å²) in [5, 5.41) is 16.5. The number of carbonyl (C=O) groups excluding carboxylic acids is 1. The lowest BCUT2D eigenvalue weighted by atomic mass is 10.0. The van der Waals surface area contributed by atoms with Gasteiger partial charge in [0.25, 0.3) is 0 Å². The maximum atomic E-state index is 12.2. The number of carbonyl (C=O) groups is 2. The number of amides is 2. The number of fused-ring (bicyclic) bond motifs is 1. The van der Waals surface area contributed by atoms with Crippen molar-refractivity contribution in [2.45, 2.75) is 44.8 Å². The molecule has 0 saturated carbocycles. The zero-order valence-electron chi connectivity index (χ0n) is 16.7. The number of halogens is 1. The number of nitrogens with zero attached hydrogens (tertiary/aromatic N) is 4. The van der Waals surface area contributed by atoms with Crippen LogP contribution in [0.4, 0.5) is 15.4 Å². The van der Waals surface area contributed by atoms with Crippen LogP contribution >= 0.6 is 22.6 Å².